The van der Waals surface area contributed by atoms with Crippen molar-refractivity contribution in [3.63, 3.8) is 0 Å². The average Bonchev–Trinajstić information content (AvgIpc) is 3.14. The number of aryl methyl sites for hydroxylation is 1. The predicted octanol–water partition coefficient (Wildman–Crippen LogP) is 4.43. The van der Waals surface area contributed by atoms with Gasteiger partial charge in [-0.25, -0.2) is 4.79 Å². The van der Waals surface area contributed by atoms with Gasteiger partial charge in [0.15, 0.2) is 5.82 Å². The Labute approximate surface area is 155 Å². The molecule has 6 nitrogen and oxygen atoms in total. The van der Waals surface area contributed by atoms with E-state index >= 15 is 0 Å². The third-order valence-electron chi connectivity index (χ3n) is 4.12. The zero-order chi connectivity index (χ0) is 18.8. The van der Waals surface area contributed by atoms with Crippen LogP contribution in [0.3, 0.4) is 0 Å². The van der Waals surface area contributed by atoms with Gasteiger partial charge in [-0.2, -0.15) is 4.98 Å². The number of benzene rings is 3. The van der Waals surface area contributed by atoms with Crippen LogP contribution in [0.5, 0.6) is 11.5 Å². The van der Waals surface area contributed by atoms with E-state index in [0.29, 0.717) is 23.0 Å². The Hall–Kier alpha value is -3.67. The molecule has 0 saturated carbocycles. The summed E-state index contributed by atoms with van der Waals surface area (Å²) < 4.78 is 15.9. The number of carbonyl (C=O) groups excluding carboxylic acids is 1. The Bertz CT molecular complexity index is 1120. The maximum Gasteiger partial charge on any atom is 0.343 e. The molecule has 3 aromatic carbocycles. The van der Waals surface area contributed by atoms with Crippen LogP contribution in [0.4, 0.5) is 0 Å². The number of hydrogen-bond acceptors (Lipinski definition) is 6. The molecule has 0 aliphatic rings. The van der Waals surface area contributed by atoms with E-state index in [1.165, 1.54) is 0 Å². The number of fused-ring (bicyclic) bond motifs is 1. The maximum absolute atomic E-state index is 12.4. The van der Waals surface area contributed by atoms with E-state index in [9.17, 15) is 4.79 Å². The lowest BCUT2D eigenvalue weighted by Gasteiger charge is -2.07. The van der Waals surface area contributed by atoms with E-state index in [1.807, 2.05) is 30.3 Å². The third-order valence-corrected chi connectivity index (χ3v) is 4.12. The molecule has 0 aliphatic carbocycles. The highest BCUT2D eigenvalue weighted by molar-refractivity contribution is 5.92. The van der Waals surface area contributed by atoms with Crippen LogP contribution < -0.4 is 9.47 Å². The van der Waals surface area contributed by atoms with Crippen molar-refractivity contribution in [2.24, 2.45) is 0 Å². The fourth-order valence-electron chi connectivity index (χ4n) is 2.72. The van der Waals surface area contributed by atoms with Crippen LogP contribution in [0, 0.1) is 6.92 Å². The number of rotatable bonds is 4. The third kappa shape index (κ3) is 3.50. The molecule has 0 radical (unpaired) electrons. The van der Waals surface area contributed by atoms with Gasteiger partial charge in [0.25, 0.3) is 5.89 Å². The molecule has 4 aromatic rings. The summed E-state index contributed by atoms with van der Waals surface area (Å²) >= 11 is 0. The van der Waals surface area contributed by atoms with E-state index in [0.717, 1.165) is 22.1 Å². The molecule has 0 spiro atoms. The van der Waals surface area contributed by atoms with Gasteiger partial charge in [0.05, 0.1) is 12.7 Å². The van der Waals surface area contributed by atoms with Crippen molar-refractivity contribution in [2.45, 2.75) is 6.92 Å². The zero-order valence-electron chi connectivity index (χ0n) is 14.8. The van der Waals surface area contributed by atoms with Gasteiger partial charge in [0.2, 0.25) is 0 Å². The molecule has 134 valence electrons. The van der Waals surface area contributed by atoms with Gasteiger partial charge in [-0.15, -0.1) is 0 Å². The van der Waals surface area contributed by atoms with Gasteiger partial charge in [0.1, 0.15) is 11.5 Å². The molecule has 0 aliphatic heterocycles. The molecule has 0 saturated heterocycles. The summed E-state index contributed by atoms with van der Waals surface area (Å²) in [5, 5.41) is 5.73. The van der Waals surface area contributed by atoms with Gasteiger partial charge in [-0.3, -0.25) is 0 Å². The number of hydrogen-bond donors (Lipinski definition) is 0. The largest absolute Gasteiger partial charge is 0.497 e. The number of ether oxygens (including phenoxy) is 2. The second-order valence-corrected chi connectivity index (χ2v) is 5.99. The van der Waals surface area contributed by atoms with Crippen molar-refractivity contribution in [3.05, 3.63) is 72.1 Å². The highest BCUT2D eigenvalue weighted by atomic mass is 16.5. The van der Waals surface area contributed by atoms with Crippen molar-refractivity contribution in [1.82, 2.24) is 10.1 Å². The second kappa shape index (κ2) is 6.92. The predicted molar refractivity (Wildman–Crippen MR) is 99.9 cm³/mol. The molecular formula is C21H16N2O4. The van der Waals surface area contributed by atoms with Crippen LogP contribution in [0.15, 0.2) is 65.2 Å². The SMILES string of the molecule is COc1ccc2ccc(OC(=O)c3ccc(-c4nc(C)no4)cc3)cc2c1. The van der Waals surface area contributed by atoms with E-state index in [-0.39, 0.29) is 0 Å². The molecule has 6 heteroatoms. The fraction of sp³-hybridized carbons (Fsp3) is 0.0952. The van der Waals surface area contributed by atoms with Crippen LogP contribution in [0.25, 0.3) is 22.2 Å². The van der Waals surface area contributed by atoms with Crippen LogP contribution in [-0.2, 0) is 0 Å². The minimum Gasteiger partial charge on any atom is -0.497 e. The normalized spacial score (nSPS) is 10.7. The van der Waals surface area contributed by atoms with E-state index in [4.69, 9.17) is 14.0 Å². The van der Waals surface area contributed by atoms with Gasteiger partial charge in [-0.1, -0.05) is 17.3 Å². The van der Waals surface area contributed by atoms with Crippen LogP contribution in [0.2, 0.25) is 0 Å². The summed E-state index contributed by atoms with van der Waals surface area (Å²) in [4.78, 5) is 16.6. The highest BCUT2D eigenvalue weighted by Gasteiger charge is 2.11. The Kier molecular flexibility index (Phi) is 4.30. The Morgan fingerprint density at radius 1 is 0.926 bits per heavy atom. The highest BCUT2D eigenvalue weighted by Crippen LogP contribution is 2.26. The summed E-state index contributed by atoms with van der Waals surface area (Å²) in [7, 11) is 1.62. The van der Waals surface area contributed by atoms with Crippen LogP contribution in [0.1, 0.15) is 16.2 Å². The van der Waals surface area contributed by atoms with Crippen LogP contribution in [-0.4, -0.2) is 23.2 Å². The van der Waals surface area contributed by atoms with Crippen molar-refractivity contribution in [2.75, 3.05) is 7.11 Å². The minimum atomic E-state index is -0.439. The van der Waals surface area contributed by atoms with Crippen molar-refractivity contribution in [3.8, 4) is 23.0 Å². The first-order valence-corrected chi connectivity index (χ1v) is 8.33. The first kappa shape index (κ1) is 16.8. The Morgan fingerprint density at radius 2 is 1.63 bits per heavy atom. The van der Waals surface area contributed by atoms with Crippen molar-refractivity contribution < 1.29 is 18.8 Å². The summed E-state index contributed by atoms with van der Waals surface area (Å²) in [6.45, 7) is 1.75. The van der Waals surface area contributed by atoms with Gasteiger partial charge < -0.3 is 14.0 Å². The fourth-order valence-corrected chi connectivity index (χ4v) is 2.72. The van der Waals surface area contributed by atoms with E-state index < -0.39 is 5.97 Å². The van der Waals surface area contributed by atoms with Crippen molar-refractivity contribution >= 4 is 16.7 Å². The van der Waals surface area contributed by atoms with Gasteiger partial charge >= 0.3 is 5.97 Å². The van der Waals surface area contributed by atoms with E-state index in [1.54, 1.807) is 44.4 Å². The van der Waals surface area contributed by atoms with Crippen LogP contribution >= 0.6 is 0 Å². The van der Waals surface area contributed by atoms with Gasteiger partial charge in [0, 0.05) is 5.56 Å². The molecule has 0 N–H and O–H groups in total. The second-order valence-electron chi connectivity index (χ2n) is 5.99. The Balaban J connectivity index is 1.54. The summed E-state index contributed by atoms with van der Waals surface area (Å²) in [6.07, 6.45) is 0. The summed E-state index contributed by atoms with van der Waals surface area (Å²) in [5.41, 5.74) is 1.17. The molecule has 4 rings (SSSR count). The average molecular weight is 360 g/mol. The Morgan fingerprint density at radius 3 is 2.30 bits per heavy atom. The maximum atomic E-state index is 12.4. The molecule has 0 unspecified atom stereocenters. The number of aromatic nitrogens is 2. The number of methoxy groups -OCH3 is 1. The minimum absolute atomic E-state index is 0.413. The first-order chi connectivity index (χ1) is 13.1. The molecule has 27 heavy (non-hydrogen) atoms. The summed E-state index contributed by atoms with van der Waals surface area (Å²) in [5.74, 6) is 1.75. The van der Waals surface area contributed by atoms with Gasteiger partial charge in [-0.05, 0) is 66.2 Å². The number of carbonyl (C=O) groups is 1. The molecular weight excluding hydrogens is 344 g/mol. The molecule has 1 heterocycles. The quantitative estimate of drug-likeness (QED) is 0.396. The summed E-state index contributed by atoms with van der Waals surface area (Å²) in [6, 6.07) is 18.0. The molecule has 1 aromatic heterocycles. The smallest absolute Gasteiger partial charge is 0.343 e. The molecule has 0 atom stereocenters. The lowest BCUT2D eigenvalue weighted by Crippen LogP contribution is -2.08. The number of nitrogens with zero attached hydrogens (tertiary/aromatic N) is 2. The molecule has 0 fully saturated rings. The molecule has 0 bridgehead atoms. The zero-order valence-corrected chi connectivity index (χ0v) is 14.8. The molecule has 0 amide bonds. The standard InChI is InChI=1S/C21H16N2O4/c1-13-22-20(27-23-13)15-3-5-16(6-4-15)21(24)26-19-10-8-14-7-9-18(25-2)11-17(14)12-19/h3-12H,1-2H3. The van der Waals surface area contributed by atoms with E-state index in [2.05, 4.69) is 10.1 Å². The monoisotopic (exact) mass is 360 g/mol. The topological polar surface area (TPSA) is 74.5 Å². The lowest BCUT2D eigenvalue weighted by molar-refractivity contribution is 0.0735. The lowest BCUT2D eigenvalue weighted by atomic mass is 10.1. The first-order valence-electron chi connectivity index (χ1n) is 8.33. The van der Waals surface area contributed by atoms with Crippen molar-refractivity contribution in [1.29, 1.82) is 0 Å². The number of esters is 1.